The van der Waals surface area contributed by atoms with E-state index in [0.29, 0.717) is 6.42 Å². The number of aromatic amines is 1. The molecule has 0 saturated carbocycles. The summed E-state index contributed by atoms with van der Waals surface area (Å²) in [6, 6.07) is 0. The van der Waals surface area contributed by atoms with Gasteiger partial charge in [0.2, 0.25) is 0 Å². The van der Waals surface area contributed by atoms with E-state index in [4.69, 9.17) is 4.74 Å². The molecule has 2 N–H and O–H groups in total. The van der Waals surface area contributed by atoms with Gasteiger partial charge in [0.15, 0.2) is 0 Å². The summed E-state index contributed by atoms with van der Waals surface area (Å²) in [7, 11) is 0. The molecule has 0 spiro atoms. The zero-order valence-corrected chi connectivity index (χ0v) is 8.15. The number of nitrogens with one attached hydrogen (secondary N) is 1. The minimum atomic E-state index is -0.343. The van der Waals surface area contributed by atoms with Crippen molar-refractivity contribution in [1.82, 2.24) is 9.97 Å². The van der Waals surface area contributed by atoms with Crippen molar-refractivity contribution in [3.63, 3.8) is 0 Å². The first-order valence-corrected chi connectivity index (χ1v) is 5.12. The molecule has 4 nitrogen and oxygen atoms in total. The molecule has 2 atom stereocenters. The van der Waals surface area contributed by atoms with E-state index in [0.717, 1.165) is 31.7 Å². The number of aliphatic hydroxyl groups excluding tert-OH is 1. The van der Waals surface area contributed by atoms with Crippen molar-refractivity contribution in [1.29, 1.82) is 0 Å². The van der Waals surface area contributed by atoms with Crippen molar-refractivity contribution < 1.29 is 9.84 Å². The topological polar surface area (TPSA) is 58.1 Å². The predicted octanol–water partition coefficient (Wildman–Crippen LogP) is 0.882. The number of rotatable bonds is 4. The van der Waals surface area contributed by atoms with Crippen molar-refractivity contribution in [3.05, 3.63) is 18.2 Å². The molecule has 0 bridgehead atoms. The van der Waals surface area contributed by atoms with E-state index >= 15 is 0 Å². The van der Waals surface area contributed by atoms with Gasteiger partial charge in [-0.25, -0.2) is 4.98 Å². The van der Waals surface area contributed by atoms with E-state index in [9.17, 15) is 5.11 Å². The average Bonchev–Trinajstić information content (AvgIpc) is 2.76. The van der Waals surface area contributed by atoms with Crippen LogP contribution in [0.15, 0.2) is 12.4 Å². The third-order valence-corrected chi connectivity index (χ3v) is 2.54. The number of imidazole rings is 1. The monoisotopic (exact) mass is 196 g/mol. The molecule has 4 heteroatoms. The number of hydrogen-bond donors (Lipinski definition) is 2. The Morgan fingerprint density at radius 2 is 2.64 bits per heavy atom. The lowest BCUT2D eigenvalue weighted by atomic mass is 10.1. The van der Waals surface area contributed by atoms with Gasteiger partial charge in [0.25, 0.3) is 0 Å². The maximum absolute atomic E-state index is 9.74. The molecule has 0 aliphatic carbocycles. The van der Waals surface area contributed by atoms with Gasteiger partial charge in [-0.05, 0) is 19.3 Å². The SMILES string of the molecule is OC(Cc1ncc[nH]1)CC1CCCO1. The molecule has 2 rings (SSSR count). The highest BCUT2D eigenvalue weighted by Crippen LogP contribution is 2.17. The molecule has 1 fully saturated rings. The van der Waals surface area contributed by atoms with Crippen molar-refractivity contribution in [2.75, 3.05) is 6.61 Å². The zero-order valence-electron chi connectivity index (χ0n) is 8.15. The van der Waals surface area contributed by atoms with Crippen LogP contribution in [-0.2, 0) is 11.2 Å². The van der Waals surface area contributed by atoms with Crippen molar-refractivity contribution in [2.24, 2.45) is 0 Å². The van der Waals surface area contributed by atoms with Crippen molar-refractivity contribution in [3.8, 4) is 0 Å². The second kappa shape index (κ2) is 4.57. The first kappa shape index (κ1) is 9.68. The van der Waals surface area contributed by atoms with Gasteiger partial charge in [-0.3, -0.25) is 0 Å². The summed E-state index contributed by atoms with van der Waals surface area (Å²) in [6.45, 7) is 0.845. The summed E-state index contributed by atoms with van der Waals surface area (Å²) in [5.41, 5.74) is 0. The maximum atomic E-state index is 9.74. The van der Waals surface area contributed by atoms with Gasteiger partial charge in [-0.2, -0.15) is 0 Å². The summed E-state index contributed by atoms with van der Waals surface area (Å²) in [4.78, 5) is 7.06. The van der Waals surface area contributed by atoms with Gasteiger partial charge in [-0.1, -0.05) is 0 Å². The smallest absolute Gasteiger partial charge is 0.108 e. The Bertz CT molecular complexity index is 255. The highest BCUT2D eigenvalue weighted by Gasteiger charge is 2.19. The van der Waals surface area contributed by atoms with Gasteiger partial charge in [0, 0.05) is 25.4 Å². The third-order valence-electron chi connectivity index (χ3n) is 2.54. The average molecular weight is 196 g/mol. The van der Waals surface area contributed by atoms with Gasteiger partial charge < -0.3 is 14.8 Å². The molecule has 2 unspecified atom stereocenters. The minimum Gasteiger partial charge on any atom is -0.393 e. The van der Waals surface area contributed by atoms with Crippen molar-refractivity contribution in [2.45, 2.75) is 37.9 Å². The fourth-order valence-corrected chi connectivity index (χ4v) is 1.85. The van der Waals surface area contributed by atoms with Crippen LogP contribution in [0.3, 0.4) is 0 Å². The van der Waals surface area contributed by atoms with Gasteiger partial charge in [0.05, 0.1) is 12.2 Å². The normalized spacial score (nSPS) is 23.9. The van der Waals surface area contributed by atoms with Crippen LogP contribution < -0.4 is 0 Å². The summed E-state index contributed by atoms with van der Waals surface area (Å²) >= 11 is 0. The molecular weight excluding hydrogens is 180 g/mol. The van der Waals surface area contributed by atoms with Crippen LogP contribution in [0, 0.1) is 0 Å². The summed E-state index contributed by atoms with van der Waals surface area (Å²) < 4.78 is 5.45. The molecule has 0 radical (unpaired) electrons. The lowest BCUT2D eigenvalue weighted by molar-refractivity contribution is 0.0534. The first-order valence-electron chi connectivity index (χ1n) is 5.12. The quantitative estimate of drug-likeness (QED) is 0.751. The molecule has 1 aromatic heterocycles. The van der Waals surface area contributed by atoms with Crippen LogP contribution in [0.4, 0.5) is 0 Å². The molecule has 78 valence electrons. The summed E-state index contributed by atoms with van der Waals surface area (Å²) in [5, 5.41) is 9.74. The number of aromatic nitrogens is 2. The Morgan fingerprint density at radius 1 is 1.71 bits per heavy atom. The zero-order chi connectivity index (χ0) is 9.80. The van der Waals surface area contributed by atoms with E-state index in [-0.39, 0.29) is 12.2 Å². The lowest BCUT2D eigenvalue weighted by Crippen LogP contribution is -2.19. The largest absolute Gasteiger partial charge is 0.393 e. The molecule has 1 aliphatic heterocycles. The number of hydrogen-bond acceptors (Lipinski definition) is 3. The molecule has 1 aromatic rings. The predicted molar refractivity (Wildman–Crippen MR) is 51.9 cm³/mol. The van der Waals surface area contributed by atoms with Gasteiger partial charge in [-0.15, -0.1) is 0 Å². The molecular formula is C10H16N2O2. The molecule has 2 heterocycles. The molecule has 14 heavy (non-hydrogen) atoms. The van der Waals surface area contributed by atoms with E-state index in [1.807, 2.05) is 0 Å². The van der Waals surface area contributed by atoms with Gasteiger partial charge >= 0.3 is 0 Å². The lowest BCUT2D eigenvalue weighted by Gasteiger charge is -2.13. The van der Waals surface area contributed by atoms with Crippen LogP contribution in [0.1, 0.15) is 25.1 Å². The van der Waals surface area contributed by atoms with Crippen molar-refractivity contribution >= 4 is 0 Å². The van der Waals surface area contributed by atoms with E-state index in [2.05, 4.69) is 9.97 Å². The number of H-pyrrole nitrogens is 1. The Balaban J connectivity index is 1.75. The third kappa shape index (κ3) is 2.56. The van der Waals surface area contributed by atoms with Crippen LogP contribution in [0.25, 0.3) is 0 Å². The van der Waals surface area contributed by atoms with E-state index in [1.165, 1.54) is 0 Å². The molecule has 0 amide bonds. The maximum Gasteiger partial charge on any atom is 0.108 e. The molecule has 1 aliphatic rings. The van der Waals surface area contributed by atoms with Crippen LogP contribution in [-0.4, -0.2) is 33.9 Å². The fourth-order valence-electron chi connectivity index (χ4n) is 1.85. The second-order valence-electron chi connectivity index (χ2n) is 3.76. The molecule has 0 aromatic carbocycles. The minimum absolute atomic E-state index is 0.250. The van der Waals surface area contributed by atoms with Gasteiger partial charge in [0.1, 0.15) is 5.82 Å². The summed E-state index contributed by atoms with van der Waals surface area (Å²) in [6.07, 6.45) is 6.90. The Kier molecular flexibility index (Phi) is 3.16. The second-order valence-corrected chi connectivity index (χ2v) is 3.76. The summed E-state index contributed by atoms with van der Waals surface area (Å²) in [5.74, 6) is 0.843. The van der Waals surface area contributed by atoms with E-state index in [1.54, 1.807) is 12.4 Å². The Morgan fingerprint density at radius 3 is 3.29 bits per heavy atom. The van der Waals surface area contributed by atoms with Crippen LogP contribution in [0.2, 0.25) is 0 Å². The highest BCUT2D eigenvalue weighted by atomic mass is 16.5. The highest BCUT2D eigenvalue weighted by molar-refractivity contribution is 4.89. The van der Waals surface area contributed by atoms with Crippen LogP contribution >= 0.6 is 0 Å². The Hall–Kier alpha value is -0.870. The fraction of sp³-hybridized carbons (Fsp3) is 0.700. The standard InChI is InChI=1S/C10H16N2O2/c13-8(6-9-2-1-5-14-9)7-10-11-3-4-12-10/h3-4,8-9,13H,1-2,5-7H2,(H,11,12). The van der Waals surface area contributed by atoms with E-state index < -0.39 is 0 Å². The van der Waals surface area contributed by atoms with Crippen LogP contribution in [0.5, 0.6) is 0 Å². The first-order chi connectivity index (χ1) is 6.84. The Labute approximate surface area is 83.3 Å². The number of aliphatic hydroxyl groups is 1. The molecule has 1 saturated heterocycles. The number of ether oxygens (including phenoxy) is 1. The number of nitrogens with zero attached hydrogens (tertiary/aromatic N) is 1.